The Kier molecular flexibility index (Phi) is 9.94. The number of aromatic nitrogens is 1. The van der Waals surface area contributed by atoms with Crippen LogP contribution in [0.2, 0.25) is 0 Å². The van der Waals surface area contributed by atoms with Gasteiger partial charge in [-0.25, -0.2) is 4.98 Å². The van der Waals surface area contributed by atoms with Gasteiger partial charge in [-0.05, 0) is 47.8 Å². The standard InChI is InChI=1S/C16H23BrN4O2.2ClH/c1-16(18)8-4-3-5-12(16)15(23)21(2)10-14(22)20-13-7-6-11(17)9-19-13;;/h6-7,9,12H,3-5,8,10,18H2,1-2H3,(H,19,20,22);2*1H. The quantitative estimate of drug-likeness (QED) is 0.730. The third-order valence-corrected chi connectivity index (χ3v) is 4.77. The number of anilines is 1. The minimum absolute atomic E-state index is 0. The Morgan fingerprint density at radius 2 is 2.08 bits per heavy atom. The molecule has 2 atom stereocenters. The molecule has 1 aliphatic rings. The summed E-state index contributed by atoms with van der Waals surface area (Å²) >= 11 is 3.29. The van der Waals surface area contributed by atoms with E-state index >= 15 is 0 Å². The molecule has 0 aromatic carbocycles. The molecule has 1 heterocycles. The molecule has 0 bridgehead atoms. The Labute approximate surface area is 169 Å². The van der Waals surface area contributed by atoms with Crippen molar-refractivity contribution < 1.29 is 9.59 Å². The number of amides is 2. The predicted molar refractivity (Wildman–Crippen MR) is 107 cm³/mol. The van der Waals surface area contributed by atoms with E-state index in [1.54, 1.807) is 25.4 Å². The Morgan fingerprint density at radius 1 is 1.40 bits per heavy atom. The fourth-order valence-corrected chi connectivity index (χ4v) is 3.19. The second kappa shape index (κ2) is 10.3. The Morgan fingerprint density at radius 3 is 2.64 bits per heavy atom. The minimum Gasteiger partial charge on any atom is -0.336 e. The first-order valence-electron chi connectivity index (χ1n) is 7.75. The summed E-state index contributed by atoms with van der Waals surface area (Å²) in [7, 11) is 1.64. The lowest BCUT2D eigenvalue weighted by molar-refractivity contribution is -0.139. The monoisotopic (exact) mass is 454 g/mol. The maximum Gasteiger partial charge on any atom is 0.245 e. The van der Waals surface area contributed by atoms with Crippen molar-refractivity contribution in [1.82, 2.24) is 9.88 Å². The molecule has 1 aliphatic carbocycles. The van der Waals surface area contributed by atoms with Crippen molar-refractivity contribution >= 4 is 58.4 Å². The van der Waals surface area contributed by atoms with E-state index in [0.717, 1.165) is 30.2 Å². The van der Waals surface area contributed by atoms with Crippen LogP contribution < -0.4 is 11.1 Å². The summed E-state index contributed by atoms with van der Waals surface area (Å²) in [5.41, 5.74) is 5.77. The molecule has 2 rings (SSSR count). The molecule has 2 amide bonds. The summed E-state index contributed by atoms with van der Waals surface area (Å²) in [6, 6.07) is 3.49. The zero-order chi connectivity index (χ0) is 17.0. The number of halogens is 3. The number of hydrogen-bond acceptors (Lipinski definition) is 4. The number of nitrogens with two attached hydrogens (primary N) is 1. The number of carbonyl (C=O) groups excluding carboxylic acids is 2. The topological polar surface area (TPSA) is 88.3 Å². The second-order valence-corrected chi connectivity index (χ2v) is 7.32. The van der Waals surface area contributed by atoms with Gasteiger partial charge in [-0.15, -0.1) is 24.8 Å². The van der Waals surface area contributed by atoms with Crippen molar-refractivity contribution in [2.45, 2.75) is 38.1 Å². The van der Waals surface area contributed by atoms with Crippen molar-refractivity contribution in [2.24, 2.45) is 11.7 Å². The molecule has 1 fully saturated rings. The first kappa shape index (κ1) is 24.1. The highest BCUT2D eigenvalue weighted by Crippen LogP contribution is 2.32. The number of hydrogen-bond donors (Lipinski definition) is 2. The zero-order valence-electron chi connectivity index (χ0n) is 14.3. The molecule has 9 heteroatoms. The van der Waals surface area contributed by atoms with Crippen LogP contribution in [0.4, 0.5) is 5.82 Å². The number of pyridine rings is 1. The molecule has 3 N–H and O–H groups in total. The van der Waals surface area contributed by atoms with Crippen molar-refractivity contribution in [3.05, 3.63) is 22.8 Å². The lowest BCUT2D eigenvalue weighted by Gasteiger charge is -2.39. The Hall–Kier alpha value is -0.890. The van der Waals surface area contributed by atoms with E-state index in [-0.39, 0.29) is 49.1 Å². The van der Waals surface area contributed by atoms with E-state index in [0.29, 0.717) is 5.82 Å². The van der Waals surface area contributed by atoms with Gasteiger partial charge in [-0.2, -0.15) is 0 Å². The highest BCUT2D eigenvalue weighted by atomic mass is 79.9. The van der Waals surface area contributed by atoms with Gasteiger partial charge in [-0.3, -0.25) is 9.59 Å². The van der Waals surface area contributed by atoms with Crippen LogP contribution >= 0.6 is 40.7 Å². The van der Waals surface area contributed by atoms with Gasteiger partial charge in [0.05, 0.1) is 12.5 Å². The molecular formula is C16H25BrCl2N4O2. The molecule has 0 aliphatic heterocycles. The highest BCUT2D eigenvalue weighted by Gasteiger charge is 2.39. The lowest BCUT2D eigenvalue weighted by Crippen LogP contribution is -2.53. The van der Waals surface area contributed by atoms with Crippen LogP contribution in [0.25, 0.3) is 0 Å². The number of nitrogens with zero attached hydrogens (tertiary/aromatic N) is 2. The molecule has 1 aromatic rings. The van der Waals surface area contributed by atoms with Gasteiger partial charge in [0.15, 0.2) is 0 Å². The molecule has 0 spiro atoms. The van der Waals surface area contributed by atoms with Gasteiger partial charge in [0, 0.05) is 23.3 Å². The highest BCUT2D eigenvalue weighted by molar-refractivity contribution is 9.10. The van der Waals surface area contributed by atoms with E-state index < -0.39 is 5.54 Å². The summed E-state index contributed by atoms with van der Waals surface area (Å²) in [6.45, 7) is 1.91. The first-order chi connectivity index (χ1) is 10.8. The van der Waals surface area contributed by atoms with Crippen LogP contribution in [0.1, 0.15) is 32.6 Å². The maximum atomic E-state index is 12.6. The molecular weight excluding hydrogens is 431 g/mol. The smallest absolute Gasteiger partial charge is 0.245 e. The van der Waals surface area contributed by atoms with E-state index in [1.165, 1.54) is 4.90 Å². The van der Waals surface area contributed by atoms with Gasteiger partial charge in [0.25, 0.3) is 0 Å². The largest absolute Gasteiger partial charge is 0.336 e. The van der Waals surface area contributed by atoms with Gasteiger partial charge in [0.1, 0.15) is 5.82 Å². The van der Waals surface area contributed by atoms with Crippen LogP contribution in [0.3, 0.4) is 0 Å². The minimum atomic E-state index is -0.493. The second-order valence-electron chi connectivity index (χ2n) is 6.41. The summed E-state index contributed by atoms with van der Waals surface area (Å²) in [5.74, 6) is -0.0981. The van der Waals surface area contributed by atoms with E-state index in [9.17, 15) is 9.59 Å². The molecule has 0 radical (unpaired) electrons. The Balaban J connectivity index is 0.00000288. The molecule has 1 aromatic heterocycles. The molecule has 2 unspecified atom stereocenters. The van der Waals surface area contributed by atoms with E-state index in [1.807, 2.05) is 6.92 Å². The predicted octanol–water partition coefficient (Wildman–Crippen LogP) is 2.99. The van der Waals surface area contributed by atoms with Crippen LogP contribution in [0.15, 0.2) is 22.8 Å². The third kappa shape index (κ3) is 6.73. The first-order valence-corrected chi connectivity index (χ1v) is 8.54. The summed E-state index contributed by atoms with van der Waals surface area (Å²) in [5, 5.41) is 2.68. The average Bonchev–Trinajstić information content (AvgIpc) is 2.48. The van der Waals surface area contributed by atoms with Crippen molar-refractivity contribution in [3.63, 3.8) is 0 Å². The molecule has 142 valence electrons. The van der Waals surface area contributed by atoms with Crippen LogP contribution in [0.5, 0.6) is 0 Å². The number of nitrogens with one attached hydrogen (secondary N) is 1. The number of rotatable bonds is 4. The van der Waals surface area contributed by atoms with Gasteiger partial charge >= 0.3 is 0 Å². The van der Waals surface area contributed by atoms with Crippen molar-refractivity contribution in [1.29, 1.82) is 0 Å². The fourth-order valence-electron chi connectivity index (χ4n) is 2.96. The summed E-state index contributed by atoms with van der Waals surface area (Å²) in [6.07, 6.45) is 5.28. The SMILES string of the molecule is CN(CC(=O)Nc1ccc(Br)cn1)C(=O)C1CCCCC1(C)N.Cl.Cl. The van der Waals surface area contributed by atoms with Crippen LogP contribution in [-0.4, -0.2) is 40.8 Å². The normalized spacial score (nSPS) is 22.2. The van der Waals surface area contributed by atoms with Crippen LogP contribution in [0, 0.1) is 5.92 Å². The summed E-state index contributed by atoms with van der Waals surface area (Å²) in [4.78, 5) is 30.2. The molecule has 6 nitrogen and oxygen atoms in total. The van der Waals surface area contributed by atoms with E-state index in [2.05, 4.69) is 26.2 Å². The van der Waals surface area contributed by atoms with Crippen molar-refractivity contribution in [3.8, 4) is 0 Å². The number of likely N-dealkylation sites (N-methyl/N-ethyl adjacent to an activating group) is 1. The number of carbonyl (C=O) groups is 2. The van der Waals surface area contributed by atoms with Gasteiger partial charge in [-0.1, -0.05) is 12.8 Å². The molecule has 25 heavy (non-hydrogen) atoms. The average molecular weight is 456 g/mol. The zero-order valence-corrected chi connectivity index (χ0v) is 17.5. The van der Waals surface area contributed by atoms with Crippen LogP contribution in [-0.2, 0) is 9.59 Å². The third-order valence-electron chi connectivity index (χ3n) is 4.30. The maximum absolute atomic E-state index is 12.6. The Bertz CT molecular complexity index is 584. The molecule has 1 saturated carbocycles. The summed E-state index contributed by atoms with van der Waals surface area (Å²) < 4.78 is 0.835. The van der Waals surface area contributed by atoms with Crippen molar-refractivity contribution in [2.75, 3.05) is 18.9 Å². The lowest BCUT2D eigenvalue weighted by atomic mass is 9.74. The van der Waals surface area contributed by atoms with E-state index in [4.69, 9.17) is 5.73 Å². The fraction of sp³-hybridized carbons (Fsp3) is 0.562. The van der Waals surface area contributed by atoms with Gasteiger partial charge in [0.2, 0.25) is 11.8 Å². The van der Waals surface area contributed by atoms with Gasteiger partial charge < -0.3 is 16.0 Å². The molecule has 0 saturated heterocycles.